The van der Waals surface area contributed by atoms with Crippen molar-refractivity contribution >= 4 is 11.0 Å². The van der Waals surface area contributed by atoms with Crippen LogP contribution in [-0.4, -0.2) is 57.5 Å². The van der Waals surface area contributed by atoms with Crippen LogP contribution >= 0.6 is 0 Å². The topological polar surface area (TPSA) is 50.5 Å². The van der Waals surface area contributed by atoms with Crippen LogP contribution in [0.25, 0.3) is 11.0 Å². The first kappa shape index (κ1) is 17.0. The molecule has 5 heteroatoms. The lowest BCUT2D eigenvalue weighted by molar-refractivity contribution is -0.0979. The molecule has 0 spiro atoms. The van der Waals surface area contributed by atoms with Crippen LogP contribution in [0.5, 0.6) is 0 Å². The van der Waals surface area contributed by atoms with Crippen molar-refractivity contribution in [1.29, 1.82) is 0 Å². The number of β-amino-alcohol motifs (C(OH)–C–C–N with tert-alkyl or cyclic N) is 1. The number of hydrogen-bond acceptors (Lipinski definition) is 4. The van der Waals surface area contributed by atoms with E-state index in [1.54, 1.807) is 0 Å². The maximum atomic E-state index is 10.7. The number of aromatic nitrogens is 2. The molecule has 2 aromatic rings. The molecule has 1 N–H and O–H groups in total. The van der Waals surface area contributed by atoms with Gasteiger partial charge in [0, 0.05) is 19.1 Å². The van der Waals surface area contributed by atoms with Gasteiger partial charge in [-0.05, 0) is 49.9 Å². The predicted octanol–water partition coefficient (Wildman–Crippen LogP) is 2.66. The Bertz CT molecular complexity index is 740. The second kappa shape index (κ2) is 7.06. The average Bonchev–Trinajstić information content (AvgIpc) is 2.97. The van der Waals surface area contributed by atoms with Crippen LogP contribution in [0, 0.1) is 13.8 Å². The fourth-order valence-electron chi connectivity index (χ4n) is 4.42. The van der Waals surface area contributed by atoms with Crippen LogP contribution < -0.4 is 0 Å². The molecular weight excluding hydrogens is 314 g/mol. The number of morpholine rings is 1. The quantitative estimate of drug-likeness (QED) is 0.927. The molecule has 3 unspecified atom stereocenters. The molecule has 1 saturated carbocycles. The molecule has 0 bridgehead atoms. The van der Waals surface area contributed by atoms with Crippen LogP contribution in [0.15, 0.2) is 18.5 Å². The van der Waals surface area contributed by atoms with Crippen LogP contribution in [-0.2, 0) is 11.3 Å². The minimum absolute atomic E-state index is 0.370. The van der Waals surface area contributed by atoms with Gasteiger partial charge in [0.25, 0.3) is 0 Å². The zero-order valence-corrected chi connectivity index (χ0v) is 15.3. The Hall–Kier alpha value is -1.43. The molecule has 1 aliphatic carbocycles. The fraction of sp³-hybridized carbons (Fsp3) is 0.650. The van der Waals surface area contributed by atoms with E-state index < -0.39 is 0 Å². The van der Waals surface area contributed by atoms with E-state index in [9.17, 15) is 5.11 Å². The zero-order chi connectivity index (χ0) is 17.4. The van der Waals surface area contributed by atoms with E-state index in [1.165, 1.54) is 36.8 Å². The third kappa shape index (κ3) is 3.46. The third-order valence-corrected chi connectivity index (χ3v) is 5.94. The summed E-state index contributed by atoms with van der Waals surface area (Å²) in [6, 6.07) is 4.79. The summed E-state index contributed by atoms with van der Waals surface area (Å²) >= 11 is 0. The monoisotopic (exact) mass is 343 g/mol. The molecule has 1 aliphatic heterocycles. The van der Waals surface area contributed by atoms with Gasteiger partial charge < -0.3 is 14.4 Å². The molecule has 2 aliphatic rings. The lowest BCUT2D eigenvalue weighted by Gasteiger charge is -2.44. The van der Waals surface area contributed by atoms with E-state index in [2.05, 4.69) is 40.4 Å². The Kier molecular flexibility index (Phi) is 4.80. The Balaban J connectivity index is 1.45. The first-order chi connectivity index (χ1) is 12.1. The summed E-state index contributed by atoms with van der Waals surface area (Å²) in [5.41, 5.74) is 4.64. The number of ether oxygens (including phenoxy) is 1. The van der Waals surface area contributed by atoms with Gasteiger partial charge in [0.15, 0.2) is 0 Å². The highest BCUT2D eigenvalue weighted by Gasteiger charge is 2.34. The zero-order valence-electron chi connectivity index (χ0n) is 15.3. The van der Waals surface area contributed by atoms with Crippen molar-refractivity contribution in [3.05, 3.63) is 29.6 Å². The number of benzene rings is 1. The number of hydrogen-bond donors (Lipinski definition) is 1. The highest BCUT2D eigenvalue weighted by atomic mass is 16.5. The molecule has 1 aromatic heterocycles. The molecule has 0 radical (unpaired) electrons. The fourth-order valence-corrected chi connectivity index (χ4v) is 4.42. The average molecular weight is 343 g/mol. The van der Waals surface area contributed by atoms with Crippen molar-refractivity contribution in [2.45, 2.75) is 64.3 Å². The summed E-state index contributed by atoms with van der Waals surface area (Å²) in [6.45, 7) is 7.27. The minimum atomic E-state index is -0.389. The van der Waals surface area contributed by atoms with Crippen LogP contribution in [0.2, 0.25) is 0 Å². The third-order valence-electron chi connectivity index (χ3n) is 5.94. The highest BCUT2D eigenvalue weighted by Crippen LogP contribution is 2.28. The second-order valence-corrected chi connectivity index (χ2v) is 7.73. The summed E-state index contributed by atoms with van der Waals surface area (Å²) in [5.74, 6) is 0. The standard InChI is InChI=1S/C20H29N3O2/c1-14-9-17-19(10-15(14)2)23(13-21-17)12-16(24)11-22-7-8-25-20-6-4-3-5-18(20)22/h9-10,13,16,18,20,24H,3-8,11-12H2,1-2H3. The normalized spacial score (nSPS) is 25.9. The maximum Gasteiger partial charge on any atom is 0.0959 e. The Morgan fingerprint density at radius 3 is 2.88 bits per heavy atom. The smallest absolute Gasteiger partial charge is 0.0959 e. The summed E-state index contributed by atoms with van der Waals surface area (Å²) < 4.78 is 8.03. The first-order valence-corrected chi connectivity index (χ1v) is 9.57. The van der Waals surface area contributed by atoms with E-state index in [0.717, 1.165) is 30.7 Å². The largest absolute Gasteiger partial charge is 0.390 e. The van der Waals surface area contributed by atoms with Crippen LogP contribution in [0.1, 0.15) is 36.8 Å². The summed E-state index contributed by atoms with van der Waals surface area (Å²) in [6.07, 6.45) is 6.76. The lowest BCUT2D eigenvalue weighted by atomic mass is 9.90. The van der Waals surface area contributed by atoms with Crippen molar-refractivity contribution in [2.24, 2.45) is 0 Å². The van der Waals surface area contributed by atoms with Gasteiger partial charge in [0.2, 0.25) is 0 Å². The number of fused-ring (bicyclic) bond motifs is 2. The summed E-state index contributed by atoms with van der Waals surface area (Å²) in [7, 11) is 0. The van der Waals surface area contributed by atoms with Crippen molar-refractivity contribution in [3.8, 4) is 0 Å². The lowest BCUT2D eigenvalue weighted by Crippen LogP contribution is -2.54. The number of rotatable bonds is 4. The van der Waals surface area contributed by atoms with Crippen molar-refractivity contribution < 1.29 is 9.84 Å². The number of imidazole rings is 1. The maximum absolute atomic E-state index is 10.7. The molecule has 25 heavy (non-hydrogen) atoms. The predicted molar refractivity (Wildman–Crippen MR) is 98.8 cm³/mol. The number of aliphatic hydroxyl groups is 1. The number of aryl methyl sites for hydroxylation is 2. The Morgan fingerprint density at radius 1 is 1.20 bits per heavy atom. The van der Waals surface area contributed by atoms with Crippen molar-refractivity contribution in [1.82, 2.24) is 14.5 Å². The number of nitrogens with zero attached hydrogens (tertiary/aromatic N) is 3. The van der Waals surface area contributed by atoms with E-state index in [4.69, 9.17) is 4.74 Å². The van der Waals surface area contributed by atoms with Gasteiger partial charge in [-0.25, -0.2) is 4.98 Å². The molecule has 3 atom stereocenters. The molecule has 1 aromatic carbocycles. The highest BCUT2D eigenvalue weighted by molar-refractivity contribution is 5.77. The van der Waals surface area contributed by atoms with Gasteiger partial charge in [0.1, 0.15) is 0 Å². The van der Waals surface area contributed by atoms with Gasteiger partial charge in [-0.3, -0.25) is 4.90 Å². The van der Waals surface area contributed by atoms with Gasteiger partial charge in [-0.1, -0.05) is 12.8 Å². The Labute approximate surface area is 149 Å². The summed E-state index contributed by atoms with van der Waals surface area (Å²) in [5, 5.41) is 10.7. The Morgan fingerprint density at radius 2 is 2.00 bits per heavy atom. The first-order valence-electron chi connectivity index (χ1n) is 9.57. The second-order valence-electron chi connectivity index (χ2n) is 7.73. The molecule has 0 amide bonds. The molecule has 1 saturated heterocycles. The summed E-state index contributed by atoms with van der Waals surface area (Å²) in [4.78, 5) is 6.96. The van der Waals surface area contributed by atoms with Gasteiger partial charge in [-0.15, -0.1) is 0 Å². The molecule has 2 heterocycles. The molecular formula is C20H29N3O2. The van der Waals surface area contributed by atoms with E-state index in [0.29, 0.717) is 18.7 Å². The van der Waals surface area contributed by atoms with E-state index in [1.807, 2.05) is 6.33 Å². The molecule has 4 rings (SSSR count). The molecule has 2 fully saturated rings. The van der Waals surface area contributed by atoms with E-state index >= 15 is 0 Å². The van der Waals surface area contributed by atoms with Crippen molar-refractivity contribution in [2.75, 3.05) is 19.7 Å². The molecule has 5 nitrogen and oxygen atoms in total. The van der Waals surface area contributed by atoms with Crippen LogP contribution in [0.3, 0.4) is 0 Å². The van der Waals surface area contributed by atoms with Gasteiger partial charge in [-0.2, -0.15) is 0 Å². The van der Waals surface area contributed by atoms with E-state index in [-0.39, 0.29) is 6.10 Å². The van der Waals surface area contributed by atoms with Gasteiger partial charge >= 0.3 is 0 Å². The SMILES string of the molecule is Cc1cc2ncn(CC(O)CN3CCOC4CCCCC43)c2cc1C. The minimum Gasteiger partial charge on any atom is -0.390 e. The molecule has 136 valence electrons. The van der Waals surface area contributed by atoms with Crippen LogP contribution in [0.4, 0.5) is 0 Å². The number of aliphatic hydroxyl groups excluding tert-OH is 1. The van der Waals surface area contributed by atoms with Gasteiger partial charge in [0.05, 0.1) is 42.7 Å². The van der Waals surface area contributed by atoms with Crippen molar-refractivity contribution in [3.63, 3.8) is 0 Å².